The van der Waals surface area contributed by atoms with Crippen molar-refractivity contribution in [3.63, 3.8) is 0 Å². The number of hydrogen-bond donors (Lipinski definition) is 1. The van der Waals surface area contributed by atoms with E-state index in [0.29, 0.717) is 0 Å². The fourth-order valence-electron chi connectivity index (χ4n) is 2.72. The van der Waals surface area contributed by atoms with Gasteiger partial charge in [-0.3, -0.25) is 14.9 Å². The predicted octanol–water partition coefficient (Wildman–Crippen LogP) is 1.06. The van der Waals surface area contributed by atoms with E-state index in [-0.39, 0.29) is 12.5 Å². The molecule has 0 saturated heterocycles. The Balaban J connectivity index is 2.13. The third kappa shape index (κ3) is 2.39. The largest absolute Gasteiger partial charge is 0.340 e. The Kier molecular flexibility index (Phi) is 3.67. The summed E-state index contributed by atoms with van der Waals surface area (Å²) in [7, 11) is -1.85. The van der Waals surface area contributed by atoms with Gasteiger partial charge in [0, 0.05) is 18.6 Å². The maximum absolute atomic E-state index is 12.0. The van der Waals surface area contributed by atoms with E-state index in [1.807, 2.05) is 36.2 Å². The quantitative estimate of drug-likeness (QED) is 0.842. The Morgan fingerprint density at radius 1 is 1.36 bits per heavy atom. The second-order valence-corrected chi connectivity index (χ2v) is 6.70. The van der Waals surface area contributed by atoms with Gasteiger partial charge in [-0.05, 0) is 31.2 Å². The molecule has 0 radical (unpaired) electrons. The first kappa shape index (κ1) is 15.0. The molecule has 1 aliphatic rings. The SMILES string of the molecule is CCOS(=O)(=O)CN1c2c(ccc3ncccc23)N(C)C1N. The highest BCUT2D eigenvalue weighted by molar-refractivity contribution is 7.86. The van der Waals surface area contributed by atoms with Crippen LogP contribution < -0.4 is 15.5 Å². The molecule has 2 N–H and O–H groups in total. The highest BCUT2D eigenvalue weighted by Crippen LogP contribution is 2.42. The molecule has 1 aromatic heterocycles. The van der Waals surface area contributed by atoms with E-state index in [2.05, 4.69) is 4.98 Å². The molecule has 0 saturated carbocycles. The molecule has 1 aromatic carbocycles. The van der Waals surface area contributed by atoms with Crippen molar-refractivity contribution in [2.45, 2.75) is 13.2 Å². The summed E-state index contributed by atoms with van der Waals surface area (Å²) in [6.07, 6.45) is 1.13. The van der Waals surface area contributed by atoms with Crippen molar-refractivity contribution in [3.8, 4) is 0 Å². The lowest BCUT2D eigenvalue weighted by Crippen LogP contribution is -2.50. The van der Waals surface area contributed by atoms with Crippen molar-refractivity contribution in [1.29, 1.82) is 0 Å². The molecule has 2 heterocycles. The van der Waals surface area contributed by atoms with Crippen molar-refractivity contribution < 1.29 is 12.6 Å². The minimum Gasteiger partial charge on any atom is -0.340 e. The molecule has 7 nitrogen and oxygen atoms in total. The highest BCUT2D eigenvalue weighted by Gasteiger charge is 2.35. The van der Waals surface area contributed by atoms with Crippen LogP contribution in [0.25, 0.3) is 10.9 Å². The second-order valence-electron chi connectivity index (χ2n) is 5.09. The molecule has 8 heteroatoms. The molecule has 1 unspecified atom stereocenters. The summed E-state index contributed by atoms with van der Waals surface area (Å²) in [6, 6.07) is 7.53. The average molecular weight is 322 g/mol. The summed E-state index contributed by atoms with van der Waals surface area (Å²) in [4.78, 5) is 7.78. The first-order valence-corrected chi connectivity index (χ1v) is 8.52. The summed E-state index contributed by atoms with van der Waals surface area (Å²) < 4.78 is 28.9. The molecular formula is C14H18N4O3S. The summed E-state index contributed by atoms with van der Waals surface area (Å²) >= 11 is 0. The Labute approximate surface area is 129 Å². The number of rotatable bonds is 4. The lowest BCUT2D eigenvalue weighted by molar-refractivity contribution is 0.337. The molecule has 118 valence electrons. The molecule has 2 aromatic rings. The van der Waals surface area contributed by atoms with Gasteiger partial charge >= 0.3 is 0 Å². The molecule has 0 aliphatic carbocycles. The first-order valence-electron chi connectivity index (χ1n) is 6.94. The van der Waals surface area contributed by atoms with Gasteiger partial charge in [0.1, 0.15) is 5.88 Å². The van der Waals surface area contributed by atoms with Gasteiger partial charge in [0.25, 0.3) is 10.1 Å². The van der Waals surface area contributed by atoms with E-state index in [1.54, 1.807) is 18.0 Å². The van der Waals surface area contributed by atoms with E-state index in [4.69, 9.17) is 9.92 Å². The lowest BCUT2D eigenvalue weighted by atomic mass is 10.1. The van der Waals surface area contributed by atoms with E-state index in [9.17, 15) is 8.42 Å². The minimum atomic E-state index is -3.68. The van der Waals surface area contributed by atoms with Crippen LogP contribution in [0.1, 0.15) is 6.92 Å². The van der Waals surface area contributed by atoms with Crippen molar-refractivity contribution in [2.75, 3.05) is 29.3 Å². The normalized spacial score (nSPS) is 18.0. The zero-order chi connectivity index (χ0) is 15.9. The number of fused-ring (bicyclic) bond motifs is 3. The van der Waals surface area contributed by atoms with E-state index in [1.165, 1.54) is 0 Å². The van der Waals surface area contributed by atoms with E-state index >= 15 is 0 Å². The van der Waals surface area contributed by atoms with Crippen LogP contribution in [0.4, 0.5) is 11.4 Å². The summed E-state index contributed by atoms with van der Waals surface area (Å²) in [6.45, 7) is 1.74. The summed E-state index contributed by atoms with van der Waals surface area (Å²) in [5, 5.41) is 0.867. The standard InChI is InChI=1S/C14H18N4O3S/c1-3-21-22(19,20)9-18-13-10-5-4-8-16-11(10)6-7-12(13)17(2)14(18)15/h4-8,14H,3,9,15H2,1-2H3. The number of benzene rings is 1. The molecule has 0 fully saturated rings. The first-order chi connectivity index (χ1) is 10.4. The Morgan fingerprint density at radius 2 is 2.14 bits per heavy atom. The fraction of sp³-hybridized carbons (Fsp3) is 0.357. The van der Waals surface area contributed by atoms with Crippen LogP contribution in [-0.4, -0.2) is 39.2 Å². The van der Waals surface area contributed by atoms with Crippen molar-refractivity contribution in [1.82, 2.24) is 4.98 Å². The Morgan fingerprint density at radius 3 is 2.86 bits per heavy atom. The van der Waals surface area contributed by atoms with Crippen molar-refractivity contribution >= 4 is 32.4 Å². The average Bonchev–Trinajstić information content (AvgIpc) is 2.72. The lowest BCUT2D eigenvalue weighted by Gasteiger charge is -2.26. The Hall–Kier alpha value is -1.90. The zero-order valence-corrected chi connectivity index (χ0v) is 13.2. The van der Waals surface area contributed by atoms with Crippen molar-refractivity contribution in [2.24, 2.45) is 5.73 Å². The van der Waals surface area contributed by atoms with Gasteiger partial charge in [0.2, 0.25) is 0 Å². The number of aromatic nitrogens is 1. The molecule has 1 aliphatic heterocycles. The van der Waals surface area contributed by atoms with Gasteiger partial charge in [-0.15, -0.1) is 0 Å². The number of hydrogen-bond acceptors (Lipinski definition) is 7. The van der Waals surface area contributed by atoms with Crippen LogP contribution in [0, 0.1) is 0 Å². The van der Waals surface area contributed by atoms with Crippen LogP contribution in [0.5, 0.6) is 0 Å². The number of nitrogens with zero attached hydrogens (tertiary/aromatic N) is 3. The van der Waals surface area contributed by atoms with Crippen LogP contribution in [0.15, 0.2) is 30.5 Å². The van der Waals surface area contributed by atoms with Gasteiger partial charge in [0.05, 0.1) is 23.5 Å². The topological polar surface area (TPSA) is 88.8 Å². The monoisotopic (exact) mass is 322 g/mol. The molecule has 1 atom stereocenters. The van der Waals surface area contributed by atoms with Crippen LogP contribution in [-0.2, 0) is 14.3 Å². The Bertz CT molecular complexity index is 809. The van der Waals surface area contributed by atoms with Gasteiger partial charge in [-0.2, -0.15) is 8.42 Å². The van der Waals surface area contributed by atoms with Crippen LogP contribution in [0.2, 0.25) is 0 Å². The maximum Gasteiger partial charge on any atom is 0.285 e. The fourth-order valence-corrected chi connectivity index (χ4v) is 3.78. The van der Waals surface area contributed by atoms with Gasteiger partial charge in [0.15, 0.2) is 6.29 Å². The molecular weight excluding hydrogens is 304 g/mol. The minimum absolute atomic E-state index is 0.102. The smallest absolute Gasteiger partial charge is 0.285 e. The summed E-state index contributed by atoms with van der Waals surface area (Å²) in [5.41, 5.74) is 8.61. The maximum atomic E-state index is 12.0. The molecule has 22 heavy (non-hydrogen) atoms. The molecule has 3 rings (SSSR count). The third-order valence-corrected chi connectivity index (χ3v) is 4.90. The van der Waals surface area contributed by atoms with Gasteiger partial charge in [-0.25, -0.2) is 0 Å². The summed E-state index contributed by atoms with van der Waals surface area (Å²) in [5.74, 6) is -0.298. The van der Waals surface area contributed by atoms with Gasteiger partial charge in [-0.1, -0.05) is 0 Å². The highest BCUT2D eigenvalue weighted by atomic mass is 32.2. The number of anilines is 2. The van der Waals surface area contributed by atoms with Crippen molar-refractivity contribution in [3.05, 3.63) is 30.5 Å². The van der Waals surface area contributed by atoms with E-state index < -0.39 is 16.4 Å². The zero-order valence-electron chi connectivity index (χ0n) is 12.4. The van der Waals surface area contributed by atoms with Crippen LogP contribution >= 0.6 is 0 Å². The second kappa shape index (κ2) is 5.38. The number of nitrogens with two attached hydrogens (primary N) is 1. The predicted molar refractivity (Wildman–Crippen MR) is 86.0 cm³/mol. The third-order valence-electron chi connectivity index (χ3n) is 3.71. The molecule has 0 amide bonds. The van der Waals surface area contributed by atoms with Gasteiger partial charge < -0.3 is 9.80 Å². The molecule has 0 spiro atoms. The van der Waals surface area contributed by atoms with E-state index in [0.717, 1.165) is 22.3 Å². The molecule has 0 bridgehead atoms. The van der Waals surface area contributed by atoms with Crippen LogP contribution in [0.3, 0.4) is 0 Å². The number of pyridine rings is 1.